The first-order chi connectivity index (χ1) is 9.38. The van der Waals surface area contributed by atoms with Crippen molar-refractivity contribution in [3.8, 4) is 0 Å². The van der Waals surface area contributed by atoms with Gasteiger partial charge in [-0.15, -0.1) is 11.3 Å². The third-order valence-electron chi connectivity index (χ3n) is 3.29. The van der Waals surface area contributed by atoms with Gasteiger partial charge in [0.1, 0.15) is 6.04 Å². The van der Waals surface area contributed by atoms with E-state index < -0.39 is 16.1 Å². The van der Waals surface area contributed by atoms with E-state index in [0.29, 0.717) is 19.5 Å². The molecule has 0 saturated carbocycles. The summed E-state index contributed by atoms with van der Waals surface area (Å²) in [7, 11) is -3.34. The maximum absolute atomic E-state index is 12.2. The molecule has 8 heteroatoms. The van der Waals surface area contributed by atoms with Crippen LogP contribution in [0.25, 0.3) is 0 Å². The maximum atomic E-state index is 12.2. The van der Waals surface area contributed by atoms with Crippen LogP contribution in [0.2, 0.25) is 0 Å². The van der Waals surface area contributed by atoms with Crippen LogP contribution >= 0.6 is 11.3 Å². The van der Waals surface area contributed by atoms with Crippen molar-refractivity contribution in [1.82, 2.24) is 14.6 Å². The molecule has 112 valence electrons. The van der Waals surface area contributed by atoms with E-state index in [2.05, 4.69) is 10.3 Å². The third-order valence-corrected chi connectivity index (χ3v) is 5.49. The number of nitrogens with zero attached hydrogens (tertiary/aromatic N) is 2. The van der Waals surface area contributed by atoms with E-state index in [-0.39, 0.29) is 5.91 Å². The Balaban J connectivity index is 1.99. The van der Waals surface area contributed by atoms with E-state index in [0.717, 1.165) is 29.0 Å². The molecule has 1 fully saturated rings. The molecule has 1 unspecified atom stereocenters. The number of aryl methyl sites for hydroxylation is 1. The first-order valence-corrected chi connectivity index (χ1v) is 9.20. The molecule has 0 aliphatic carbocycles. The fourth-order valence-electron chi connectivity index (χ4n) is 2.34. The second-order valence-electron chi connectivity index (χ2n) is 4.95. The minimum absolute atomic E-state index is 0.221. The Morgan fingerprint density at radius 3 is 2.90 bits per heavy atom. The first-order valence-electron chi connectivity index (χ1n) is 6.54. The fourth-order valence-corrected chi connectivity index (χ4v) is 4.20. The summed E-state index contributed by atoms with van der Waals surface area (Å²) in [6.07, 6.45) is 5.16. The Morgan fingerprint density at radius 2 is 2.30 bits per heavy atom. The number of carbonyl (C=O) groups is 1. The lowest BCUT2D eigenvalue weighted by Crippen LogP contribution is -2.51. The van der Waals surface area contributed by atoms with Crippen molar-refractivity contribution in [2.75, 3.05) is 12.8 Å². The lowest BCUT2D eigenvalue weighted by Gasteiger charge is -2.32. The van der Waals surface area contributed by atoms with Crippen LogP contribution in [-0.2, 0) is 21.4 Å². The normalized spacial score (nSPS) is 20.8. The number of rotatable bonds is 4. The average molecular weight is 317 g/mol. The van der Waals surface area contributed by atoms with E-state index in [1.165, 1.54) is 15.6 Å². The summed E-state index contributed by atoms with van der Waals surface area (Å²) in [6, 6.07) is -0.576. The summed E-state index contributed by atoms with van der Waals surface area (Å²) in [5.41, 5.74) is 0. The molecular formula is C12H19N3O3S2. The number of hydrogen-bond donors (Lipinski definition) is 1. The SMILES string of the molecule is Cc1ncc(CNC(=O)C2CCCCN2S(C)(=O)=O)s1. The van der Waals surface area contributed by atoms with Gasteiger partial charge in [0.2, 0.25) is 15.9 Å². The summed E-state index contributed by atoms with van der Waals surface area (Å²) in [6.45, 7) is 2.73. The number of amides is 1. The zero-order valence-electron chi connectivity index (χ0n) is 11.6. The molecular weight excluding hydrogens is 298 g/mol. The van der Waals surface area contributed by atoms with Gasteiger partial charge in [-0.2, -0.15) is 4.31 Å². The molecule has 1 atom stereocenters. The lowest BCUT2D eigenvalue weighted by atomic mass is 10.0. The fraction of sp³-hybridized carbons (Fsp3) is 0.667. The highest BCUT2D eigenvalue weighted by atomic mass is 32.2. The average Bonchev–Trinajstić information content (AvgIpc) is 2.81. The van der Waals surface area contributed by atoms with Gasteiger partial charge in [0.15, 0.2) is 0 Å². The van der Waals surface area contributed by atoms with Crippen LogP contribution in [0, 0.1) is 6.92 Å². The summed E-state index contributed by atoms with van der Waals surface area (Å²) < 4.78 is 24.7. The predicted octanol–water partition coefficient (Wildman–Crippen LogP) is 0.882. The van der Waals surface area contributed by atoms with Crippen molar-refractivity contribution in [1.29, 1.82) is 0 Å². The zero-order chi connectivity index (χ0) is 14.8. The molecule has 1 aromatic heterocycles. The number of sulfonamides is 1. The summed E-state index contributed by atoms with van der Waals surface area (Å²) in [5.74, 6) is -0.221. The second-order valence-corrected chi connectivity index (χ2v) is 8.20. The number of nitrogens with one attached hydrogen (secondary N) is 1. The van der Waals surface area contributed by atoms with Gasteiger partial charge in [0, 0.05) is 17.6 Å². The molecule has 1 N–H and O–H groups in total. The Labute approximate surface area is 123 Å². The minimum atomic E-state index is -3.34. The predicted molar refractivity (Wildman–Crippen MR) is 77.9 cm³/mol. The standard InChI is InChI=1S/C12H19N3O3S2/c1-9-13-7-10(19-9)8-14-12(16)11-5-3-4-6-15(11)20(2,17)18/h7,11H,3-6,8H2,1-2H3,(H,14,16). The summed E-state index contributed by atoms with van der Waals surface area (Å²) >= 11 is 1.53. The minimum Gasteiger partial charge on any atom is -0.350 e. The van der Waals surface area contributed by atoms with Crippen LogP contribution in [-0.4, -0.2) is 42.5 Å². The largest absolute Gasteiger partial charge is 0.350 e. The monoisotopic (exact) mass is 317 g/mol. The second kappa shape index (κ2) is 6.19. The molecule has 1 saturated heterocycles. The first kappa shape index (κ1) is 15.4. The van der Waals surface area contributed by atoms with Gasteiger partial charge in [-0.25, -0.2) is 13.4 Å². The Kier molecular flexibility index (Phi) is 4.77. The van der Waals surface area contributed by atoms with Gasteiger partial charge in [-0.3, -0.25) is 4.79 Å². The molecule has 1 aliphatic heterocycles. The smallest absolute Gasteiger partial charge is 0.238 e. The van der Waals surface area contributed by atoms with Crippen molar-refractivity contribution >= 4 is 27.3 Å². The molecule has 0 bridgehead atoms. The summed E-state index contributed by atoms with van der Waals surface area (Å²) in [4.78, 5) is 17.3. The molecule has 2 heterocycles. The Hall–Kier alpha value is -0.990. The van der Waals surface area contributed by atoms with Gasteiger partial charge in [-0.1, -0.05) is 6.42 Å². The quantitative estimate of drug-likeness (QED) is 0.894. The van der Waals surface area contributed by atoms with Crippen LogP contribution < -0.4 is 5.32 Å². The molecule has 1 aromatic rings. The highest BCUT2D eigenvalue weighted by Crippen LogP contribution is 2.20. The Morgan fingerprint density at radius 1 is 1.55 bits per heavy atom. The number of carbonyl (C=O) groups excluding carboxylic acids is 1. The van der Waals surface area contributed by atoms with Gasteiger partial charge >= 0.3 is 0 Å². The van der Waals surface area contributed by atoms with E-state index in [1.807, 2.05) is 6.92 Å². The van der Waals surface area contributed by atoms with Crippen molar-refractivity contribution in [3.63, 3.8) is 0 Å². The molecule has 6 nitrogen and oxygen atoms in total. The number of thiazole rings is 1. The van der Waals surface area contributed by atoms with Crippen molar-refractivity contribution in [3.05, 3.63) is 16.1 Å². The van der Waals surface area contributed by atoms with Gasteiger partial charge in [0.25, 0.3) is 0 Å². The molecule has 2 rings (SSSR count). The third kappa shape index (κ3) is 3.77. The van der Waals surface area contributed by atoms with Crippen LogP contribution in [0.15, 0.2) is 6.20 Å². The topological polar surface area (TPSA) is 79.4 Å². The molecule has 1 amide bonds. The number of aromatic nitrogens is 1. The van der Waals surface area contributed by atoms with Gasteiger partial charge in [0.05, 0.1) is 17.8 Å². The van der Waals surface area contributed by atoms with Crippen molar-refractivity contribution in [2.45, 2.75) is 38.8 Å². The number of hydrogen-bond acceptors (Lipinski definition) is 5. The highest BCUT2D eigenvalue weighted by molar-refractivity contribution is 7.88. The Bertz CT molecular complexity index is 583. The molecule has 0 spiro atoms. The summed E-state index contributed by atoms with van der Waals surface area (Å²) in [5, 5.41) is 3.76. The van der Waals surface area contributed by atoms with E-state index in [4.69, 9.17) is 0 Å². The van der Waals surface area contributed by atoms with Crippen LogP contribution in [0.3, 0.4) is 0 Å². The van der Waals surface area contributed by atoms with Crippen molar-refractivity contribution in [2.24, 2.45) is 0 Å². The lowest BCUT2D eigenvalue weighted by molar-refractivity contribution is -0.125. The molecule has 0 aromatic carbocycles. The highest BCUT2D eigenvalue weighted by Gasteiger charge is 2.34. The van der Waals surface area contributed by atoms with Crippen LogP contribution in [0.1, 0.15) is 29.1 Å². The maximum Gasteiger partial charge on any atom is 0.238 e. The van der Waals surface area contributed by atoms with E-state index in [1.54, 1.807) is 6.20 Å². The number of piperidine rings is 1. The van der Waals surface area contributed by atoms with Crippen LogP contribution in [0.4, 0.5) is 0 Å². The molecule has 0 radical (unpaired) electrons. The zero-order valence-corrected chi connectivity index (χ0v) is 13.3. The van der Waals surface area contributed by atoms with E-state index >= 15 is 0 Å². The van der Waals surface area contributed by atoms with Crippen molar-refractivity contribution < 1.29 is 13.2 Å². The van der Waals surface area contributed by atoms with Gasteiger partial charge in [-0.05, 0) is 19.8 Å². The molecule has 20 heavy (non-hydrogen) atoms. The van der Waals surface area contributed by atoms with E-state index in [9.17, 15) is 13.2 Å². The van der Waals surface area contributed by atoms with Gasteiger partial charge < -0.3 is 5.32 Å². The molecule has 1 aliphatic rings. The van der Waals surface area contributed by atoms with Crippen LogP contribution in [0.5, 0.6) is 0 Å².